The fraction of sp³-hybridized carbons (Fsp3) is 0.846. The van der Waals surface area contributed by atoms with E-state index in [2.05, 4.69) is 27.7 Å². The van der Waals surface area contributed by atoms with Crippen molar-refractivity contribution in [2.75, 3.05) is 26.2 Å². The van der Waals surface area contributed by atoms with Gasteiger partial charge in [-0.15, -0.1) is 0 Å². The van der Waals surface area contributed by atoms with E-state index >= 15 is 0 Å². The summed E-state index contributed by atoms with van der Waals surface area (Å²) in [6, 6.07) is 6.70. The molecule has 0 heterocycles. The zero-order valence-corrected chi connectivity index (χ0v) is 30.6. The van der Waals surface area contributed by atoms with Crippen molar-refractivity contribution in [1.29, 1.82) is 0 Å². The summed E-state index contributed by atoms with van der Waals surface area (Å²) in [4.78, 5) is 0.339. The molecule has 0 fully saturated rings. The molecule has 0 amide bonds. The molecule has 1 unspecified atom stereocenters. The number of unbranched alkanes of at least 4 members (excludes halogenated alkanes) is 20. The fourth-order valence-corrected chi connectivity index (χ4v) is 6.59. The number of hydrogen-bond donors (Lipinski definition) is 0. The van der Waals surface area contributed by atoms with Crippen LogP contribution in [0.1, 0.15) is 187 Å². The molecule has 0 bridgehead atoms. The number of benzene rings is 1. The van der Waals surface area contributed by atoms with E-state index in [1.54, 1.807) is 24.3 Å². The van der Waals surface area contributed by atoms with E-state index in [4.69, 9.17) is 0 Å². The van der Waals surface area contributed by atoms with E-state index in [0.717, 1.165) is 5.56 Å². The first-order valence-corrected chi connectivity index (χ1v) is 20.0. The molecule has 0 radical (unpaired) electrons. The van der Waals surface area contributed by atoms with Gasteiger partial charge in [0.05, 0.1) is 26.2 Å². The van der Waals surface area contributed by atoms with Crippen LogP contribution >= 0.6 is 0 Å². The Morgan fingerprint density at radius 2 is 0.721 bits per heavy atom. The fourth-order valence-electron chi connectivity index (χ4n) is 6.23. The van der Waals surface area contributed by atoms with Crippen LogP contribution in [0.2, 0.25) is 0 Å². The standard InChI is InChI=1S/C32H68N.C7H8O2S/c1-5-9-13-17-21-25-29-33(30-26-22-18-14-10-6-2,31-27-23-19-15-11-7-3)32-28-24-20-16-12-8-4;1-6-2-4-7(5-3-6)10(8)9/h5-32H2,1-4H3;2-5H,1H3,(H,8,9)/q+1;/p-1. The SMILES string of the molecule is CCCCCCCC[N+](CCCCCCCC)(CCCCCCCC)CCCCCCCC.Cc1ccc(S(=O)[O-])cc1. The van der Waals surface area contributed by atoms with Crippen molar-refractivity contribution in [3.63, 3.8) is 0 Å². The third-order valence-corrected chi connectivity index (χ3v) is 9.81. The molecule has 3 nitrogen and oxygen atoms in total. The first kappa shape index (κ1) is 42.3. The summed E-state index contributed by atoms with van der Waals surface area (Å²) in [5.41, 5.74) is 1.06. The zero-order chi connectivity index (χ0) is 31.9. The Hall–Kier alpha value is -0.710. The van der Waals surface area contributed by atoms with Crippen LogP contribution in [0.5, 0.6) is 0 Å². The van der Waals surface area contributed by atoms with Crippen molar-refractivity contribution in [3.05, 3.63) is 29.8 Å². The molecular formula is C39H75NO2S. The van der Waals surface area contributed by atoms with E-state index in [1.807, 2.05) is 6.92 Å². The highest BCUT2D eigenvalue weighted by atomic mass is 32.2. The molecule has 1 atom stereocenters. The average Bonchev–Trinajstić information content (AvgIpc) is 3.00. The highest BCUT2D eigenvalue weighted by Gasteiger charge is 2.25. The van der Waals surface area contributed by atoms with Crippen LogP contribution in [-0.4, -0.2) is 39.4 Å². The van der Waals surface area contributed by atoms with Crippen LogP contribution in [0.4, 0.5) is 0 Å². The molecule has 0 aliphatic rings. The lowest BCUT2D eigenvalue weighted by molar-refractivity contribution is -0.929. The summed E-state index contributed by atoms with van der Waals surface area (Å²) in [5, 5.41) is 0. The van der Waals surface area contributed by atoms with Crippen LogP contribution in [0, 0.1) is 6.92 Å². The predicted octanol–water partition coefficient (Wildman–Crippen LogP) is 12.5. The minimum atomic E-state index is -2.09. The summed E-state index contributed by atoms with van der Waals surface area (Å²) in [6.07, 6.45) is 34.8. The summed E-state index contributed by atoms with van der Waals surface area (Å²) >= 11 is -2.09. The topological polar surface area (TPSA) is 40.1 Å². The minimum Gasteiger partial charge on any atom is -0.768 e. The van der Waals surface area contributed by atoms with Gasteiger partial charge in [-0.25, -0.2) is 0 Å². The van der Waals surface area contributed by atoms with Gasteiger partial charge < -0.3 is 9.04 Å². The summed E-state index contributed by atoms with van der Waals surface area (Å²) in [5.74, 6) is 0. The molecule has 0 saturated carbocycles. The molecule has 0 aromatic heterocycles. The average molecular weight is 622 g/mol. The van der Waals surface area contributed by atoms with Gasteiger partial charge in [0, 0.05) is 4.90 Å². The van der Waals surface area contributed by atoms with Gasteiger partial charge in [0.2, 0.25) is 0 Å². The first-order valence-electron chi connectivity index (χ1n) is 19.0. The van der Waals surface area contributed by atoms with E-state index < -0.39 is 11.1 Å². The summed E-state index contributed by atoms with van der Waals surface area (Å²) in [6.45, 7) is 17.2. The number of rotatable bonds is 29. The van der Waals surface area contributed by atoms with E-state index in [-0.39, 0.29) is 0 Å². The van der Waals surface area contributed by atoms with Crippen molar-refractivity contribution in [2.45, 2.75) is 194 Å². The van der Waals surface area contributed by atoms with Crippen molar-refractivity contribution < 1.29 is 13.2 Å². The predicted molar refractivity (Wildman–Crippen MR) is 192 cm³/mol. The van der Waals surface area contributed by atoms with Crippen LogP contribution in [0.25, 0.3) is 0 Å². The second kappa shape index (κ2) is 31.3. The smallest absolute Gasteiger partial charge is 0.0786 e. The molecule has 1 aromatic rings. The Morgan fingerprint density at radius 1 is 0.465 bits per heavy atom. The lowest BCUT2D eigenvalue weighted by Gasteiger charge is -2.40. The Balaban J connectivity index is 0.00000147. The second-order valence-electron chi connectivity index (χ2n) is 13.4. The lowest BCUT2D eigenvalue weighted by atomic mass is 10.0. The maximum absolute atomic E-state index is 10.3. The molecule has 0 saturated heterocycles. The Morgan fingerprint density at radius 3 is 0.977 bits per heavy atom. The first-order chi connectivity index (χ1) is 20.9. The van der Waals surface area contributed by atoms with Crippen LogP contribution in [0.15, 0.2) is 29.2 Å². The Bertz CT molecular complexity index is 651. The van der Waals surface area contributed by atoms with E-state index in [1.165, 1.54) is 185 Å². The maximum Gasteiger partial charge on any atom is 0.0786 e. The molecule has 0 aliphatic heterocycles. The lowest BCUT2D eigenvalue weighted by Crippen LogP contribution is -2.50. The second-order valence-corrected chi connectivity index (χ2v) is 14.3. The van der Waals surface area contributed by atoms with Gasteiger partial charge in [0.1, 0.15) is 0 Å². The highest BCUT2D eigenvalue weighted by molar-refractivity contribution is 7.79. The summed E-state index contributed by atoms with van der Waals surface area (Å²) < 4.78 is 22.1. The van der Waals surface area contributed by atoms with Gasteiger partial charge in [0.25, 0.3) is 0 Å². The van der Waals surface area contributed by atoms with Gasteiger partial charge in [0.15, 0.2) is 0 Å². The molecular weight excluding hydrogens is 547 g/mol. The van der Waals surface area contributed by atoms with Crippen molar-refractivity contribution in [3.8, 4) is 0 Å². The minimum absolute atomic E-state index is 0.339. The molecule has 1 rings (SSSR count). The highest BCUT2D eigenvalue weighted by Crippen LogP contribution is 2.21. The molecule has 0 spiro atoms. The Kier molecular flexibility index (Phi) is 30.8. The monoisotopic (exact) mass is 622 g/mol. The molecule has 4 heteroatoms. The van der Waals surface area contributed by atoms with Gasteiger partial charge >= 0.3 is 0 Å². The van der Waals surface area contributed by atoms with Crippen LogP contribution in [0.3, 0.4) is 0 Å². The number of quaternary nitrogens is 1. The number of hydrogen-bond acceptors (Lipinski definition) is 2. The van der Waals surface area contributed by atoms with Gasteiger partial charge in [-0.05, 0) is 81.5 Å². The third kappa shape index (κ3) is 26.2. The van der Waals surface area contributed by atoms with Crippen LogP contribution in [-0.2, 0) is 11.1 Å². The molecule has 1 aromatic carbocycles. The van der Waals surface area contributed by atoms with Crippen molar-refractivity contribution in [2.24, 2.45) is 0 Å². The Labute approximate surface area is 273 Å². The molecule has 0 aliphatic carbocycles. The van der Waals surface area contributed by atoms with Gasteiger partial charge in [-0.2, -0.15) is 0 Å². The molecule has 254 valence electrons. The zero-order valence-electron chi connectivity index (χ0n) is 29.8. The molecule has 0 N–H and O–H groups in total. The van der Waals surface area contributed by atoms with Gasteiger partial charge in [-0.1, -0.05) is 148 Å². The number of aryl methyl sites for hydroxylation is 1. The van der Waals surface area contributed by atoms with E-state index in [0.29, 0.717) is 4.90 Å². The normalized spacial score (nSPS) is 12.2. The quantitative estimate of drug-likeness (QED) is 0.0507. The van der Waals surface area contributed by atoms with Crippen LogP contribution < -0.4 is 0 Å². The van der Waals surface area contributed by atoms with Gasteiger partial charge in [-0.3, -0.25) is 4.21 Å². The van der Waals surface area contributed by atoms with Crippen molar-refractivity contribution >= 4 is 11.1 Å². The summed E-state index contributed by atoms with van der Waals surface area (Å²) in [7, 11) is 0. The largest absolute Gasteiger partial charge is 0.768 e. The number of nitrogens with zero attached hydrogens (tertiary/aromatic N) is 1. The third-order valence-electron chi connectivity index (χ3n) is 9.16. The van der Waals surface area contributed by atoms with E-state index in [9.17, 15) is 8.76 Å². The molecule has 43 heavy (non-hydrogen) atoms. The maximum atomic E-state index is 10.3. The van der Waals surface area contributed by atoms with Crippen molar-refractivity contribution in [1.82, 2.24) is 0 Å².